The minimum atomic E-state index is -2.58. The molecule has 0 radical (unpaired) electrons. The van der Waals surface area contributed by atoms with E-state index in [1.54, 1.807) is 14.2 Å². The fourth-order valence-electron chi connectivity index (χ4n) is 4.22. The number of halogens is 1. The van der Waals surface area contributed by atoms with Crippen molar-refractivity contribution in [2.75, 3.05) is 20.8 Å². The molecule has 3 rings (SSSR count). The van der Waals surface area contributed by atoms with Crippen LogP contribution in [0.25, 0.3) is 0 Å². The molecule has 0 unspecified atom stereocenters. The first-order chi connectivity index (χ1) is 13.8. The Kier molecular flexibility index (Phi) is 7.56. The van der Waals surface area contributed by atoms with Crippen LogP contribution in [-0.2, 0) is 18.6 Å². The number of hydrogen-bond donors (Lipinski definition) is 0. The van der Waals surface area contributed by atoms with Crippen molar-refractivity contribution in [1.29, 1.82) is 0 Å². The van der Waals surface area contributed by atoms with Gasteiger partial charge in [-0.2, -0.15) is 0 Å². The second-order valence-electron chi connectivity index (χ2n) is 8.40. The largest absolute Gasteiger partial charge is 0.405 e. The van der Waals surface area contributed by atoms with Gasteiger partial charge in [0.25, 0.3) is 8.32 Å². The molecule has 6 heteroatoms. The molecular formula is C23H31IO4Si. The molecular weight excluding hydrogens is 495 g/mol. The summed E-state index contributed by atoms with van der Waals surface area (Å²) in [6, 6.07) is 21.3. The molecule has 1 aliphatic heterocycles. The molecule has 4 nitrogen and oxygen atoms in total. The third kappa shape index (κ3) is 4.47. The lowest BCUT2D eigenvalue weighted by Crippen LogP contribution is -2.67. The van der Waals surface area contributed by atoms with Crippen LogP contribution >= 0.6 is 22.6 Å². The number of ether oxygens (including phenoxy) is 3. The molecule has 1 heterocycles. The second kappa shape index (κ2) is 9.57. The topological polar surface area (TPSA) is 36.9 Å². The Bertz CT molecular complexity index is 726. The maximum absolute atomic E-state index is 7.00. The van der Waals surface area contributed by atoms with Crippen molar-refractivity contribution < 1.29 is 18.6 Å². The highest BCUT2D eigenvalue weighted by atomic mass is 127. The van der Waals surface area contributed by atoms with Gasteiger partial charge in [-0.15, -0.1) is 0 Å². The van der Waals surface area contributed by atoms with Crippen LogP contribution in [0.4, 0.5) is 0 Å². The van der Waals surface area contributed by atoms with E-state index in [2.05, 4.69) is 104 Å². The highest BCUT2D eigenvalue weighted by Crippen LogP contribution is 2.38. The van der Waals surface area contributed by atoms with E-state index < -0.39 is 8.32 Å². The summed E-state index contributed by atoms with van der Waals surface area (Å²) in [6.45, 7) is 7.35. The van der Waals surface area contributed by atoms with Crippen LogP contribution in [0.5, 0.6) is 0 Å². The van der Waals surface area contributed by atoms with Gasteiger partial charge in [0.05, 0.1) is 16.6 Å². The Morgan fingerprint density at radius 3 is 1.79 bits per heavy atom. The Hall–Kier alpha value is -0.773. The van der Waals surface area contributed by atoms with Crippen molar-refractivity contribution >= 4 is 41.3 Å². The quantitative estimate of drug-likeness (QED) is 0.313. The van der Waals surface area contributed by atoms with Crippen LogP contribution in [0.1, 0.15) is 20.8 Å². The average molecular weight is 526 g/mol. The first-order valence-electron chi connectivity index (χ1n) is 9.95. The Morgan fingerprint density at radius 1 is 0.897 bits per heavy atom. The van der Waals surface area contributed by atoms with E-state index in [9.17, 15) is 0 Å². The van der Waals surface area contributed by atoms with Gasteiger partial charge in [0.2, 0.25) is 0 Å². The summed E-state index contributed by atoms with van der Waals surface area (Å²) in [5, 5.41) is 2.48. The van der Waals surface area contributed by atoms with Crippen molar-refractivity contribution in [3.05, 3.63) is 60.7 Å². The van der Waals surface area contributed by atoms with Gasteiger partial charge in [0.15, 0.2) is 6.29 Å². The number of benzene rings is 2. The molecule has 2 aromatic rings. The summed E-state index contributed by atoms with van der Waals surface area (Å²) < 4.78 is 24.4. The first-order valence-corrected chi connectivity index (χ1v) is 13.1. The van der Waals surface area contributed by atoms with E-state index in [1.807, 2.05) is 0 Å². The fraction of sp³-hybridized carbons (Fsp3) is 0.478. The number of methoxy groups -OCH3 is 2. The summed E-state index contributed by atoms with van der Waals surface area (Å²) in [5.74, 6) is 0. The molecule has 0 bridgehead atoms. The van der Waals surface area contributed by atoms with Crippen LogP contribution in [0.15, 0.2) is 60.7 Å². The Labute approximate surface area is 189 Å². The first kappa shape index (κ1) is 22.9. The lowest BCUT2D eigenvalue weighted by molar-refractivity contribution is -0.158. The summed E-state index contributed by atoms with van der Waals surface area (Å²) in [5.41, 5.74) is 0. The van der Waals surface area contributed by atoms with Crippen LogP contribution in [0, 0.1) is 0 Å². The number of alkyl halides is 1. The molecule has 4 atom stereocenters. The van der Waals surface area contributed by atoms with Gasteiger partial charge in [0.1, 0.15) is 6.10 Å². The zero-order valence-electron chi connectivity index (χ0n) is 17.8. The number of hydrogen-bond acceptors (Lipinski definition) is 4. The predicted molar refractivity (Wildman–Crippen MR) is 128 cm³/mol. The average Bonchev–Trinajstić information content (AvgIpc) is 3.04. The van der Waals surface area contributed by atoms with Gasteiger partial charge in [-0.25, -0.2) is 0 Å². The summed E-state index contributed by atoms with van der Waals surface area (Å²) in [7, 11) is 0.788. The molecule has 0 aliphatic carbocycles. The van der Waals surface area contributed by atoms with Crippen molar-refractivity contribution in [2.24, 2.45) is 0 Å². The molecule has 1 fully saturated rings. The second-order valence-corrected chi connectivity index (χ2v) is 14.1. The molecule has 0 saturated carbocycles. The van der Waals surface area contributed by atoms with Crippen molar-refractivity contribution in [3.8, 4) is 0 Å². The van der Waals surface area contributed by atoms with Crippen LogP contribution in [0.2, 0.25) is 5.04 Å². The molecule has 0 aromatic heterocycles. The Balaban J connectivity index is 1.99. The van der Waals surface area contributed by atoms with E-state index in [0.29, 0.717) is 6.61 Å². The summed E-state index contributed by atoms with van der Waals surface area (Å²) in [6.07, 6.45) is -0.560. The highest BCUT2D eigenvalue weighted by Gasteiger charge is 2.52. The van der Waals surface area contributed by atoms with Gasteiger partial charge in [0, 0.05) is 14.2 Å². The fourth-order valence-corrected chi connectivity index (χ4v) is 9.80. The van der Waals surface area contributed by atoms with Gasteiger partial charge in [-0.3, -0.25) is 0 Å². The third-order valence-corrected chi connectivity index (χ3v) is 12.1. The summed E-state index contributed by atoms with van der Waals surface area (Å²) in [4.78, 5) is 0. The minimum absolute atomic E-state index is 0.0591. The Morgan fingerprint density at radius 2 is 1.41 bits per heavy atom. The zero-order chi connectivity index (χ0) is 21.1. The molecule has 158 valence electrons. The molecule has 1 aliphatic rings. The van der Waals surface area contributed by atoms with Crippen molar-refractivity contribution in [3.63, 3.8) is 0 Å². The maximum atomic E-state index is 7.00. The lowest BCUT2D eigenvalue weighted by atomic mass is 10.2. The molecule has 2 aromatic carbocycles. The monoisotopic (exact) mass is 526 g/mol. The predicted octanol–water partition coefficient (Wildman–Crippen LogP) is 3.75. The van der Waals surface area contributed by atoms with E-state index in [1.165, 1.54) is 10.4 Å². The van der Waals surface area contributed by atoms with Crippen LogP contribution < -0.4 is 10.4 Å². The summed E-state index contributed by atoms with van der Waals surface area (Å²) >= 11 is 2.40. The molecule has 29 heavy (non-hydrogen) atoms. The van der Waals surface area contributed by atoms with Crippen LogP contribution in [0.3, 0.4) is 0 Å². The van der Waals surface area contributed by atoms with Crippen LogP contribution in [-0.4, -0.2) is 51.6 Å². The standard InChI is InChI=1S/C23H31IO4Si/c1-23(2,3)29(17-12-8-6-9-13-17,18-14-10-7-11-15-18)27-16-19-20(24)21(25-4)22(26-5)28-19/h6-15,19-22H,16H2,1-5H3/t19-,20-,21-,22+/m1/s1. The van der Waals surface area contributed by atoms with Gasteiger partial charge < -0.3 is 18.6 Å². The molecule has 0 spiro atoms. The van der Waals surface area contributed by atoms with Gasteiger partial charge in [-0.05, 0) is 15.4 Å². The lowest BCUT2D eigenvalue weighted by Gasteiger charge is -2.43. The van der Waals surface area contributed by atoms with Gasteiger partial charge >= 0.3 is 0 Å². The molecule has 1 saturated heterocycles. The normalized spacial score (nSPS) is 25.3. The van der Waals surface area contributed by atoms with E-state index >= 15 is 0 Å². The highest BCUT2D eigenvalue weighted by molar-refractivity contribution is 14.1. The van der Waals surface area contributed by atoms with E-state index in [0.717, 1.165) is 0 Å². The smallest absolute Gasteiger partial charge is 0.261 e. The van der Waals surface area contributed by atoms with E-state index in [-0.39, 0.29) is 27.5 Å². The van der Waals surface area contributed by atoms with Crippen molar-refractivity contribution in [1.82, 2.24) is 0 Å². The van der Waals surface area contributed by atoms with Crippen molar-refractivity contribution in [2.45, 2.75) is 48.2 Å². The van der Waals surface area contributed by atoms with Gasteiger partial charge in [-0.1, -0.05) is 104 Å². The number of rotatable bonds is 7. The SMILES string of the molecule is CO[C@H]1O[C@H](CO[Si](c2ccccc2)(c2ccccc2)C(C)(C)C)[C@@H](I)[C@H]1OC. The third-order valence-electron chi connectivity index (χ3n) is 5.63. The zero-order valence-corrected chi connectivity index (χ0v) is 21.0. The van der Waals surface area contributed by atoms with E-state index in [4.69, 9.17) is 18.6 Å². The maximum Gasteiger partial charge on any atom is 0.261 e. The molecule has 0 amide bonds. The molecule has 0 N–H and O–H groups in total. The minimum Gasteiger partial charge on any atom is -0.405 e.